The van der Waals surface area contributed by atoms with Crippen molar-refractivity contribution in [3.63, 3.8) is 0 Å². The molecular weight excluding hydrogens is 426 g/mol. The molecule has 158 valence electrons. The Morgan fingerprint density at radius 1 is 0.903 bits per heavy atom. The number of thioether (sulfide) groups is 1. The topological polar surface area (TPSA) is 30.7 Å². The molecule has 0 amide bonds. The van der Waals surface area contributed by atoms with Gasteiger partial charge < -0.3 is 0 Å². The predicted molar refractivity (Wildman–Crippen MR) is 112 cm³/mol. The van der Waals surface area contributed by atoms with Crippen LogP contribution in [0.3, 0.4) is 0 Å². The molecule has 0 atom stereocenters. The normalized spacial score (nSPS) is 11.6. The number of hydrogen-bond acceptors (Lipinski definition) is 3. The number of alkyl halides is 3. The molecule has 0 spiro atoms. The standard InChI is InChI=1S/C23H17F4N3S/c1-15-9-11-18(12-10-15)30-21(19-7-2-3-8-20(19)24)28-29-22(30)31-14-16-5-4-6-17(13-16)23(25,26)27/h2-13H,14H2,1H3. The van der Waals surface area contributed by atoms with Crippen molar-refractivity contribution in [3.8, 4) is 17.1 Å². The lowest BCUT2D eigenvalue weighted by Crippen LogP contribution is -2.05. The monoisotopic (exact) mass is 443 g/mol. The van der Waals surface area contributed by atoms with Gasteiger partial charge in [0.1, 0.15) is 5.82 Å². The first-order chi connectivity index (χ1) is 14.8. The van der Waals surface area contributed by atoms with Gasteiger partial charge >= 0.3 is 6.18 Å². The summed E-state index contributed by atoms with van der Waals surface area (Å²) in [5.74, 6) is 0.150. The maximum absolute atomic E-state index is 14.5. The van der Waals surface area contributed by atoms with Gasteiger partial charge in [-0.25, -0.2) is 4.39 Å². The summed E-state index contributed by atoms with van der Waals surface area (Å²) in [6, 6.07) is 19.0. The van der Waals surface area contributed by atoms with Gasteiger partial charge in [0.2, 0.25) is 0 Å². The van der Waals surface area contributed by atoms with Crippen molar-refractivity contribution in [3.05, 3.63) is 95.3 Å². The fourth-order valence-corrected chi connectivity index (χ4v) is 3.99. The summed E-state index contributed by atoms with van der Waals surface area (Å²) in [7, 11) is 0. The second-order valence-corrected chi connectivity index (χ2v) is 7.89. The van der Waals surface area contributed by atoms with Crippen LogP contribution in [0, 0.1) is 12.7 Å². The van der Waals surface area contributed by atoms with Crippen LogP contribution in [-0.2, 0) is 11.9 Å². The lowest BCUT2D eigenvalue weighted by Gasteiger charge is -2.12. The highest BCUT2D eigenvalue weighted by atomic mass is 32.2. The van der Waals surface area contributed by atoms with Crippen molar-refractivity contribution in [2.45, 2.75) is 24.0 Å². The van der Waals surface area contributed by atoms with Crippen LogP contribution >= 0.6 is 11.8 Å². The second kappa shape index (κ2) is 8.55. The van der Waals surface area contributed by atoms with Gasteiger partial charge in [-0.3, -0.25) is 4.57 Å². The van der Waals surface area contributed by atoms with E-state index in [1.165, 1.54) is 23.9 Å². The highest BCUT2D eigenvalue weighted by molar-refractivity contribution is 7.98. The van der Waals surface area contributed by atoms with E-state index in [1.807, 2.05) is 31.2 Å². The van der Waals surface area contributed by atoms with E-state index < -0.39 is 17.6 Å². The van der Waals surface area contributed by atoms with Gasteiger partial charge in [-0.05, 0) is 42.8 Å². The fraction of sp³-hybridized carbons (Fsp3) is 0.130. The third-order valence-corrected chi connectivity index (χ3v) is 5.66. The fourth-order valence-electron chi connectivity index (χ4n) is 3.09. The van der Waals surface area contributed by atoms with Crippen LogP contribution < -0.4 is 0 Å². The Morgan fingerprint density at radius 3 is 2.35 bits per heavy atom. The first kappa shape index (κ1) is 21.1. The predicted octanol–water partition coefficient (Wildman–Crippen LogP) is 6.69. The van der Waals surface area contributed by atoms with Crippen molar-refractivity contribution < 1.29 is 17.6 Å². The van der Waals surface area contributed by atoms with E-state index in [0.29, 0.717) is 22.1 Å². The Kier molecular flexibility index (Phi) is 5.82. The molecule has 4 aromatic rings. The Hall–Kier alpha value is -3.13. The van der Waals surface area contributed by atoms with Crippen LogP contribution in [0.25, 0.3) is 17.1 Å². The quantitative estimate of drug-likeness (QED) is 0.254. The van der Waals surface area contributed by atoms with Crippen LogP contribution in [0.5, 0.6) is 0 Å². The number of hydrogen-bond donors (Lipinski definition) is 0. The summed E-state index contributed by atoms with van der Waals surface area (Å²) in [6.07, 6.45) is -4.40. The summed E-state index contributed by atoms with van der Waals surface area (Å²) in [6.45, 7) is 1.96. The van der Waals surface area contributed by atoms with E-state index in [2.05, 4.69) is 10.2 Å². The van der Waals surface area contributed by atoms with E-state index in [1.54, 1.807) is 28.8 Å². The van der Waals surface area contributed by atoms with Crippen molar-refractivity contribution in [1.29, 1.82) is 0 Å². The molecule has 0 aliphatic carbocycles. The van der Waals surface area contributed by atoms with Crippen molar-refractivity contribution in [2.24, 2.45) is 0 Å². The van der Waals surface area contributed by atoms with E-state index in [-0.39, 0.29) is 5.75 Å². The van der Waals surface area contributed by atoms with Gasteiger partial charge in [-0.15, -0.1) is 10.2 Å². The van der Waals surface area contributed by atoms with Crippen molar-refractivity contribution in [2.75, 3.05) is 0 Å². The van der Waals surface area contributed by atoms with Crippen molar-refractivity contribution in [1.82, 2.24) is 14.8 Å². The summed E-state index contributed by atoms with van der Waals surface area (Å²) >= 11 is 1.24. The van der Waals surface area contributed by atoms with E-state index >= 15 is 0 Å². The SMILES string of the molecule is Cc1ccc(-n2c(SCc3cccc(C(F)(F)F)c3)nnc2-c2ccccc2F)cc1. The summed E-state index contributed by atoms with van der Waals surface area (Å²) in [5, 5.41) is 8.85. The number of rotatable bonds is 5. The number of benzene rings is 3. The lowest BCUT2D eigenvalue weighted by atomic mass is 10.1. The molecule has 0 saturated heterocycles. The summed E-state index contributed by atoms with van der Waals surface area (Å²) in [4.78, 5) is 0. The zero-order valence-corrected chi connectivity index (χ0v) is 17.2. The third-order valence-electron chi connectivity index (χ3n) is 4.66. The maximum Gasteiger partial charge on any atom is 0.416 e. The number of aromatic nitrogens is 3. The molecule has 3 nitrogen and oxygen atoms in total. The minimum atomic E-state index is -4.40. The summed E-state index contributed by atoms with van der Waals surface area (Å²) < 4.78 is 55.2. The zero-order chi connectivity index (χ0) is 22.0. The van der Waals surface area contributed by atoms with Gasteiger partial charge in [0, 0.05) is 11.4 Å². The summed E-state index contributed by atoms with van der Waals surface area (Å²) in [5.41, 5.74) is 1.90. The van der Waals surface area contributed by atoms with E-state index in [4.69, 9.17) is 0 Å². The molecule has 0 fully saturated rings. The molecule has 0 aliphatic rings. The third kappa shape index (κ3) is 4.64. The molecule has 8 heteroatoms. The zero-order valence-electron chi connectivity index (χ0n) is 16.4. The molecule has 0 bridgehead atoms. The number of aryl methyl sites for hydroxylation is 1. The average molecular weight is 443 g/mol. The highest BCUT2D eigenvalue weighted by Crippen LogP contribution is 2.33. The Morgan fingerprint density at radius 2 is 1.65 bits per heavy atom. The van der Waals surface area contributed by atoms with E-state index in [0.717, 1.165) is 23.4 Å². The minimum Gasteiger partial charge on any atom is -0.270 e. The Labute approximate surface area is 180 Å². The molecule has 0 aliphatic heterocycles. The molecule has 0 N–H and O–H groups in total. The van der Waals surface area contributed by atoms with Crippen LogP contribution in [0.4, 0.5) is 17.6 Å². The van der Waals surface area contributed by atoms with E-state index in [9.17, 15) is 17.6 Å². The van der Waals surface area contributed by atoms with Gasteiger partial charge in [0.05, 0.1) is 11.1 Å². The molecule has 3 aromatic carbocycles. The first-order valence-corrected chi connectivity index (χ1v) is 10.4. The lowest BCUT2D eigenvalue weighted by molar-refractivity contribution is -0.137. The molecule has 0 unspecified atom stereocenters. The van der Waals surface area contributed by atoms with Gasteiger partial charge in [-0.2, -0.15) is 13.2 Å². The average Bonchev–Trinajstić information content (AvgIpc) is 3.16. The largest absolute Gasteiger partial charge is 0.416 e. The van der Waals surface area contributed by atoms with Crippen LogP contribution in [0.1, 0.15) is 16.7 Å². The number of nitrogens with zero attached hydrogens (tertiary/aromatic N) is 3. The Balaban J connectivity index is 1.72. The molecular formula is C23H17F4N3S. The Bertz CT molecular complexity index is 1200. The molecule has 1 aromatic heterocycles. The van der Waals surface area contributed by atoms with Gasteiger partial charge in [-0.1, -0.05) is 59.8 Å². The van der Waals surface area contributed by atoms with Crippen LogP contribution in [-0.4, -0.2) is 14.8 Å². The number of halogens is 4. The highest BCUT2D eigenvalue weighted by Gasteiger charge is 2.30. The van der Waals surface area contributed by atoms with Gasteiger partial charge in [0.15, 0.2) is 11.0 Å². The van der Waals surface area contributed by atoms with Crippen LogP contribution in [0.15, 0.2) is 78.0 Å². The molecule has 0 saturated carbocycles. The van der Waals surface area contributed by atoms with Gasteiger partial charge in [0.25, 0.3) is 0 Å². The molecule has 0 radical (unpaired) electrons. The maximum atomic E-state index is 14.5. The molecule has 1 heterocycles. The minimum absolute atomic E-state index is 0.255. The second-order valence-electron chi connectivity index (χ2n) is 6.94. The smallest absolute Gasteiger partial charge is 0.270 e. The first-order valence-electron chi connectivity index (χ1n) is 9.39. The molecule has 31 heavy (non-hydrogen) atoms. The van der Waals surface area contributed by atoms with Crippen molar-refractivity contribution >= 4 is 11.8 Å². The van der Waals surface area contributed by atoms with Crippen LogP contribution in [0.2, 0.25) is 0 Å². The molecule has 4 rings (SSSR count).